The van der Waals surface area contributed by atoms with Gasteiger partial charge < -0.3 is 115 Å². The van der Waals surface area contributed by atoms with Crippen LogP contribution in [-0.2, 0) is 126 Å². The van der Waals surface area contributed by atoms with Gasteiger partial charge in [0.15, 0.2) is 27.9 Å². The van der Waals surface area contributed by atoms with Crippen molar-refractivity contribution in [2.45, 2.75) is 207 Å². The Balaban J connectivity index is 0.000000283. The van der Waals surface area contributed by atoms with Crippen molar-refractivity contribution in [1.29, 1.82) is 0 Å². The maximum Gasteiger partial charge on any atom is 2.00 e. The van der Waals surface area contributed by atoms with Gasteiger partial charge in [-0.2, -0.15) is 0 Å². The summed E-state index contributed by atoms with van der Waals surface area (Å²) < 4.78 is 24.7. The normalized spacial score (nSPS) is 16.3. The number of hydrogen-bond acceptors (Lipinski definition) is 24. The van der Waals surface area contributed by atoms with E-state index >= 15 is 0 Å². The number of nitrogens with zero attached hydrogens (tertiary/aromatic N) is 30. The van der Waals surface area contributed by atoms with Gasteiger partial charge in [-0.1, -0.05) is 265 Å². The van der Waals surface area contributed by atoms with Gasteiger partial charge in [0.25, 0.3) is 41.9 Å². The van der Waals surface area contributed by atoms with E-state index < -0.39 is 0 Å². The summed E-state index contributed by atoms with van der Waals surface area (Å²) in [5.41, 5.74) is 4.78. The average Bonchev–Trinajstić information content (AvgIpc) is 1.19. The van der Waals surface area contributed by atoms with E-state index in [0.717, 1.165) is 74.1 Å². The number of anilines is 10. The molecule has 0 atom stereocenters. The molecule has 0 amide bonds. The van der Waals surface area contributed by atoms with Crippen molar-refractivity contribution >= 4 is 161 Å². The van der Waals surface area contributed by atoms with Gasteiger partial charge >= 0.3 is 84.3 Å². The minimum absolute atomic E-state index is 0. The summed E-state index contributed by atoms with van der Waals surface area (Å²) in [5.74, 6) is 5.59. The van der Waals surface area contributed by atoms with Crippen LogP contribution in [0.15, 0.2) is 195 Å². The maximum absolute atomic E-state index is 4.28. The van der Waals surface area contributed by atoms with Gasteiger partial charge in [-0.05, 0) is 204 Å². The Kier molecular flexibility index (Phi) is 54.6. The quantitative estimate of drug-likeness (QED) is 0.0265. The van der Waals surface area contributed by atoms with Crippen LogP contribution in [0.5, 0.6) is 0 Å². The molecule has 6 aliphatic rings. The molecule has 0 unspecified atom stereocenters. The fourth-order valence-electron chi connectivity index (χ4n) is 18.1. The molecule has 0 N–H and O–H groups in total. The van der Waals surface area contributed by atoms with E-state index in [1.165, 1.54) is 87.0 Å². The van der Waals surface area contributed by atoms with Crippen LogP contribution in [0.25, 0.3) is 0 Å². The van der Waals surface area contributed by atoms with E-state index in [-0.39, 0.29) is 174 Å². The molecule has 6 saturated heterocycles. The predicted octanol–water partition coefficient (Wildman–Crippen LogP) is 12.1. The summed E-state index contributed by atoms with van der Waals surface area (Å²) in [6, 6.07) is 54.4. The van der Waals surface area contributed by atoms with E-state index in [1.54, 1.807) is 37.2 Å². The minimum atomic E-state index is 0. The van der Waals surface area contributed by atoms with Gasteiger partial charge in [0.05, 0.1) is 19.7 Å². The van der Waals surface area contributed by atoms with Crippen LogP contribution < -0.4 is 78.0 Å². The molecule has 726 valence electrons. The monoisotopic (exact) mass is 2920 g/mol. The van der Waals surface area contributed by atoms with Gasteiger partial charge in [0, 0.05) is 79.3 Å². The topological polar surface area (TPSA) is 220 Å². The zero-order valence-electron chi connectivity index (χ0n) is 82.1. The second-order valence-electron chi connectivity index (χ2n) is 34.2. The van der Waals surface area contributed by atoms with Crippen molar-refractivity contribution in [1.82, 2.24) is 98.5 Å². The number of unbranched alkanes of at least 4 members (excludes halogenated alkanes) is 6. The predicted molar refractivity (Wildman–Crippen MR) is 552 cm³/mol. The zero-order valence-corrected chi connectivity index (χ0v) is 98.0. The first-order valence-corrected chi connectivity index (χ1v) is 48.9. The van der Waals surface area contributed by atoms with Crippen LogP contribution >= 0.6 is 0 Å². The standard InChI is InChI=1S/C18H27B2N5.C17H25B2N5.C16H23B2N5.C15H21B2N5.2C9H19B2N5Si.6Pt/c1-4-5-6-10-15-25-19(2)23(17-11-8-7-9-12-17)16-24(20(25)3)18-13-14-21-22-18;1-4-5-9-14-24-18(2)22(16-10-7-6-8-11-16)15-23(19(24)3)17-12-13-20-21-17;1-4-5-13-23-17(2)21(15-9-7-6-8-10-15)14-22(18(23)3)16-11-12-19-20-16;1-4-12-22-16(2)20(14-8-6-5-7-9-14)13-21(17(22)3)15-10-11-18-19-15;1-8(2)15-10(3)14(5)17-16(11(15)4)9-6-7-12-13-9;1-5-8-15-10(2)14(4)17-16(11(15)3)9-6-7-12-13-9;;;;;;/h7-9,11-14,16H,4-6,10,15H2,1-3H3;6-8,10-13,15H,4-5,9,14H2,1-3H3;6-12,14H,4-5,13H2,1-3H3;5-11,13H,4,12H2,1-3H3;6-8,17H,1-5H3;6-7,17H,5,8H2,1-4H3;;;;;;/q4*-2;2*-1;;;4*+2. The Morgan fingerprint density at radius 3 is 0.776 bits per heavy atom. The maximum atomic E-state index is 4.28. The first-order valence-electron chi connectivity index (χ1n) is 46.8. The molecule has 12 heterocycles. The second-order valence-corrected chi connectivity index (χ2v) is 37.4. The van der Waals surface area contributed by atoms with Gasteiger partial charge in [0.1, 0.15) is 0 Å². The van der Waals surface area contributed by atoms with Crippen LogP contribution in [0.1, 0.15) is 119 Å². The fourth-order valence-corrected chi connectivity index (χ4v) is 20.8. The van der Waals surface area contributed by atoms with Crippen molar-refractivity contribution in [3.8, 4) is 0 Å². The Labute approximate surface area is 900 Å². The fraction of sp³-hybridized carbons (Fsp3) is 0.452. The Hall–Kier alpha value is -4.84. The summed E-state index contributed by atoms with van der Waals surface area (Å²) in [4.78, 5) is 18.1. The largest absolute Gasteiger partial charge is 2.00 e. The zero-order chi connectivity index (χ0) is 91.3. The Morgan fingerprint density at radius 2 is 0.507 bits per heavy atom. The number of aromatic nitrogens is 12. The molecule has 6 fully saturated rings. The summed E-state index contributed by atoms with van der Waals surface area (Å²) in [7, 11) is 4.56. The molecule has 30 nitrogen and oxygen atoms in total. The molecule has 134 heavy (non-hydrogen) atoms. The third kappa shape index (κ3) is 31.3. The molecule has 0 spiro atoms. The first-order chi connectivity index (χ1) is 62.0. The van der Waals surface area contributed by atoms with Crippen LogP contribution in [-0.4, -0.2) is 224 Å². The van der Waals surface area contributed by atoms with Crippen LogP contribution in [0.3, 0.4) is 0 Å². The summed E-state index contributed by atoms with van der Waals surface area (Å²) in [6.07, 6.45) is 24.0. The molecule has 4 aromatic carbocycles. The molecule has 6 aliphatic heterocycles. The molecule has 16 rings (SSSR count). The molecule has 2 radical (unpaired) electrons. The van der Waals surface area contributed by atoms with Crippen LogP contribution in [0, 0.1) is 26.7 Å². The van der Waals surface area contributed by atoms with Crippen LogP contribution in [0.4, 0.5) is 57.7 Å². The summed E-state index contributed by atoms with van der Waals surface area (Å²) in [6.45, 7) is 60.9. The van der Waals surface area contributed by atoms with Gasteiger partial charge in [-0.25, -0.2) is 0 Å². The van der Waals surface area contributed by atoms with E-state index in [1.807, 2.05) is 42.5 Å². The number of rotatable bonds is 27. The van der Waals surface area contributed by atoms with E-state index in [4.69, 9.17) is 0 Å². The van der Waals surface area contributed by atoms with Crippen molar-refractivity contribution in [2.24, 2.45) is 0 Å². The van der Waals surface area contributed by atoms with Crippen molar-refractivity contribution in [3.05, 3.63) is 222 Å². The van der Waals surface area contributed by atoms with Crippen LogP contribution in [0.2, 0.25) is 81.9 Å². The molecule has 0 bridgehead atoms. The third-order valence-corrected chi connectivity index (χ3v) is 29.1. The number of para-hydroxylation sites is 4. The van der Waals surface area contributed by atoms with E-state index in [2.05, 4.69) is 432 Å². The molecule has 10 aromatic rings. The van der Waals surface area contributed by atoms with Crippen molar-refractivity contribution in [3.63, 3.8) is 0 Å². The summed E-state index contributed by atoms with van der Waals surface area (Å²) in [5, 5.41) is 49.2. The van der Waals surface area contributed by atoms with E-state index in [9.17, 15) is 0 Å². The molecular formula is C84H134B12N30Pt6Si2-2. The van der Waals surface area contributed by atoms with Gasteiger partial charge in [-0.15, -0.1) is 0 Å². The van der Waals surface area contributed by atoms with Gasteiger partial charge in [-0.3, -0.25) is 57.3 Å². The second kappa shape index (κ2) is 61.1. The van der Waals surface area contributed by atoms with E-state index in [0.29, 0.717) is 61.9 Å². The number of hydrogen-bond donors (Lipinski definition) is 0. The average molecular weight is 2920 g/mol. The smallest absolute Gasteiger partial charge is 0.614 e. The molecule has 0 saturated carbocycles. The SMILES string of the molecule is CB1N(C)[SiH]N(c2ccn[n-]2)B(C)N1C(C)C.CCCCCCN1B(C)N(c2ccccc2)[CH-]N(c2ccn[n-]2)B1C.CCCCCN1B(C)N(c2ccccc2)[CH-]N(c2ccn[n-]2)B1C.CCCCN1B(C)N(c2ccccc2)[CH-]N(c2ccn[n-]2)B1C.CCCN1B(C)N(C)[SiH]N(c2ccn[n-]2)B1C.CCCN1B(C)N(c2ccccc2)[CH-]N(c2ccn[n-]2)B1C.[Pt+2].[Pt+2].[Pt+2].[Pt+2].[Pt].[Pt]. The Bertz CT molecular complexity index is 4610. The van der Waals surface area contributed by atoms with Crippen molar-refractivity contribution in [2.75, 3.05) is 94.3 Å². The van der Waals surface area contributed by atoms with Crippen molar-refractivity contribution < 1.29 is 126 Å². The molecule has 6 aromatic heterocycles. The van der Waals surface area contributed by atoms with Gasteiger partial charge in [0.2, 0.25) is 14.0 Å². The third-order valence-electron chi connectivity index (χ3n) is 25.6. The molecule has 0 aliphatic carbocycles. The number of benzene rings is 4. The minimum Gasteiger partial charge on any atom is -0.614 e. The summed E-state index contributed by atoms with van der Waals surface area (Å²) >= 11 is 0. The first kappa shape index (κ1) is 120. The molecule has 50 heteroatoms. The molecular weight excluding hydrogens is 2790 g/mol. The Morgan fingerprint density at radius 1 is 0.269 bits per heavy atom.